The van der Waals surface area contributed by atoms with Gasteiger partial charge in [-0.1, -0.05) is 18.2 Å². The zero-order chi connectivity index (χ0) is 18.1. The number of anilines is 1. The third kappa shape index (κ3) is 2.78. The van der Waals surface area contributed by atoms with Crippen molar-refractivity contribution in [3.05, 3.63) is 48.3 Å². The number of benzene rings is 1. The first-order chi connectivity index (χ1) is 12.6. The molecule has 2 atom stereocenters. The number of ether oxygens (including phenoxy) is 1. The molecule has 0 amide bonds. The number of hydrogen-bond acceptors (Lipinski definition) is 7. The Labute approximate surface area is 152 Å². The minimum atomic E-state index is -0.585. The number of carbonyl (C=O) groups excluding carboxylic acids is 1. The average molecular weight is 354 g/mol. The lowest BCUT2D eigenvalue weighted by Gasteiger charge is -2.26. The summed E-state index contributed by atoms with van der Waals surface area (Å²) in [6, 6.07) is 9.11. The maximum atomic E-state index is 12.7. The number of phenols is 1. The maximum Gasteiger partial charge on any atom is 0.315 e. The third-order valence-electron chi connectivity index (χ3n) is 5.49. The van der Waals surface area contributed by atoms with E-state index in [0.29, 0.717) is 25.6 Å². The molecule has 0 bridgehead atoms. The van der Waals surface area contributed by atoms with Gasteiger partial charge >= 0.3 is 5.97 Å². The molecule has 2 aromatic rings. The second-order valence-corrected chi connectivity index (χ2v) is 7.07. The Hall–Kier alpha value is -2.67. The molecule has 136 valence electrons. The highest BCUT2D eigenvalue weighted by molar-refractivity contribution is 5.80. The van der Waals surface area contributed by atoms with Gasteiger partial charge in [-0.05, 0) is 12.1 Å². The van der Waals surface area contributed by atoms with Crippen molar-refractivity contribution < 1.29 is 14.6 Å². The number of fused-ring (bicyclic) bond motifs is 1. The number of hydrogen-bond donors (Lipinski definition) is 1. The molecule has 2 saturated heterocycles. The van der Waals surface area contributed by atoms with Gasteiger partial charge in [0.05, 0.1) is 7.11 Å². The van der Waals surface area contributed by atoms with Crippen molar-refractivity contribution in [1.82, 2.24) is 14.9 Å². The lowest BCUT2D eigenvalue weighted by Crippen LogP contribution is -2.42. The van der Waals surface area contributed by atoms with Gasteiger partial charge in [-0.15, -0.1) is 0 Å². The van der Waals surface area contributed by atoms with Crippen molar-refractivity contribution in [2.75, 3.05) is 38.2 Å². The van der Waals surface area contributed by atoms with Crippen LogP contribution in [0.15, 0.2) is 42.7 Å². The fourth-order valence-electron chi connectivity index (χ4n) is 4.27. The summed E-state index contributed by atoms with van der Waals surface area (Å²) in [6.45, 7) is 3.25. The monoisotopic (exact) mass is 354 g/mol. The first-order valence-electron chi connectivity index (χ1n) is 8.72. The van der Waals surface area contributed by atoms with Crippen LogP contribution in [0.3, 0.4) is 0 Å². The van der Waals surface area contributed by atoms with E-state index in [1.165, 1.54) is 7.11 Å². The standard InChI is InChI=1S/C19H22N4O3/c1-26-17(25)19-12-22(9-14-5-2-3-6-16(14)24)10-15(19)11-23(13-19)18-20-7-4-8-21-18/h2-8,15,24H,9-13H2,1H3/t15-,19-/m1/s1. The molecule has 0 unspecified atom stereocenters. The Morgan fingerprint density at radius 1 is 1.23 bits per heavy atom. The number of aromatic hydroxyl groups is 1. The maximum absolute atomic E-state index is 12.7. The number of likely N-dealkylation sites (tertiary alicyclic amines) is 1. The number of esters is 1. The molecule has 0 radical (unpaired) electrons. The number of para-hydroxylation sites is 1. The fourth-order valence-corrected chi connectivity index (χ4v) is 4.27. The second-order valence-electron chi connectivity index (χ2n) is 7.07. The molecule has 0 aliphatic carbocycles. The molecule has 26 heavy (non-hydrogen) atoms. The minimum Gasteiger partial charge on any atom is -0.508 e. The largest absolute Gasteiger partial charge is 0.508 e. The van der Waals surface area contributed by atoms with E-state index in [-0.39, 0.29) is 17.6 Å². The Morgan fingerprint density at radius 3 is 2.73 bits per heavy atom. The van der Waals surface area contributed by atoms with Crippen LogP contribution in [0.25, 0.3) is 0 Å². The molecule has 2 fully saturated rings. The van der Waals surface area contributed by atoms with Gasteiger partial charge in [-0.25, -0.2) is 9.97 Å². The van der Waals surface area contributed by atoms with Crippen molar-refractivity contribution in [3.63, 3.8) is 0 Å². The SMILES string of the molecule is COC(=O)[C@@]12CN(Cc3ccccc3O)C[C@@H]1CN(c1ncccn1)C2. The number of methoxy groups -OCH3 is 1. The van der Waals surface area contributed by atoms with Gasteiger partial charge in [0.15, 0.2) is 0 Å². The molecule has 2 aliphatic heterocycles. The van der Waals surface area contributed by atoms with Crippen molar-refractivity contribution in [2.24, 2.45) is 11.3 Å². The van der Waals surface area contributed by atoms with E-state index in [4.69, 9.17) is 4.74 Å². The van der Waals surface area contributed by atoms with Crippen LogP contribution in [0, 0.1) is 11.3 Å². The molecule has 2 aliphatic rings. The summed E-state index contributed by atoms with van der Waals surface area (Å²) in [6.07, 6.45) is 3.43. The van der Waals surface area contributed by atoms with Gasteiger partial charge in [0.2, 0.25) is 5.95 Å². The Kier molecular flexibility index (Phi) is 4.24. The summed E-state index contributed by atoms with van der Waals surface area (Å²) >= 11 is 0. The summed E-state index contributed by atoms with van der Waals surface area (Å²) in [4.78, 5) is 25.6. The van der Waals surface area contributed by atoms with Crippen molar-refractivity contribution in [2.45, 2.75) is 6.54 Å². The molecular weight excluding hydrogens is 332 g/mol. The van der Waals surface area contributed by atoms with Crippen LogP contribution < -0.4 is 4.90 Å². The van der Waals surface area contributed by atoms with Crippen LogP contribution in [-0.4, -0.2) is 59.2 Å². The number of aromatic nitrogens is 2. The number of nitrogens with zero attached hydrogens (tertiary/aromatic N) is 4. The van der Waals surface area contributed by atoms with Crippen molar-refractivity contribution >= 4 is 11.9 Å². The summed E-state index contributed by atoms with van der Waals surface area (Å²) in [7, 11) is 1.45. The summed E-state index contributed by atoms with van der Waals surface area (Å²) in [5.74, 6) is 0.902. The number of rotatable bonds is 4. The summed E-state index contributed by atoms with van der Waals surface area (Å²) < 4.78 is 5.16. The van der Waals surface area contributed by atoms with Gasteiger partial charge in [0, 0.05) is 56.6 Å². The Morgan fingerprint density at radius 2 is 2.00 bits per heavy atom. The highest BCUT2D eigenvalue weighted by Crippen LogP contribution is 2.44. The van der Waals surface area contributed by atoms with E-state index >= 15 is 0 Å². The molecule has 0 spiro atoms. The highest BCUT2D eigenvalue weighted by atomic mass is 16.5. The van der Waals surface area contributed by atoms with E-state index < -0.39 is 5.41 Å². The van der Waals surface area contributed by atoms with E-state index in [9.17, 15) is 9.90 Å². The summed E-state index contributed by atoms with van der Waals surface area (Å²) in [5, 5.41) is 10.0. The van der Waals surface area contributed by atoms with Crippen LogP contribution in [0.2, 0.25) is 0 Å². The van der Waals surface area contributed by atoms with Gasteiger partial charge in [-0.2, -0.15) is 0 Å². The minimum absolute atomic E-state index is 0.143. The highest BCUT2D eigenvalue weighted by Gasteiger charge is 2.58. The quantitative estimate of drug-likeness (QED) is 0.829. The molecular formula is C19H22N4O3. The first kappa shape index (κ1) is 16.8. The molecule has 0 saturated carbocycles. The van der Waals surface area contributed by atoms with Gasteiger partial charge in [0.25, 0.3) is 0 Å². The van der Waals surface area contributed by atoms with Crippen LogP contribution >= 0.6 is 0 Å². The average Bonchev–Trinajstić information content (AvgIpc) is 3.18. The van der Waals surface area contributed by atoms with E-state index in [1.54, 1.807) is 24.5 Å². The van der Waals surface area contributed by atoms with E-state index in [1.807, 2.05) is 18.2 Å². The second kappa shape index (κ2) is 6.57. The smallest absolute Gasteiger partial charge is 0.315 e. The molecule has 7 heteroatoms. The number of phenolic OH excluding ortho intramolecular Hbond substituents is 1. The van der Waals surface area contributed by atoms with E-state index in [0.717, 1.165) is 18.7 Å². The van der Waals surface area contributed by atoms with Gasteiger partial charge in [-0.3, -0.25) is 9.69 Å². The van der Waals surface area contributed by atoms with Crippen molar-refractivity contribution in [1.29, 1.82) is 0 Å². The molecule has 1 N–H and O–H groups in total. The zero-order valence-electron chi connectivity index (χ0n) is 14.7. The van der Waals surface area contributed by atoms with Gasteiger partial charge < -0.3 is 14.7 Å². The van der Waals surface area contributed by atoms with Crippen LogP contribution in [0.4, 0.5) is 5.95 Å². The predicted molar refractivity (Wildman–Crippen MR) is 95.6 cm³/mol. The Balaban J connectivity index is 1.55. The zero-order valence-corrected chi connectivity index (χ0v) is 14.7. The third-order valence-corrected chi connectivity index (χ3v) is 5.49. The Bertz CT molecular complexity index is 800. The lowest BCUT2D eigenvalue weighted by molar-refractivity contribution is -0.152. The molecule has 1 aromatic heterocycles. The summed E-state index contributed by atoms with van der Waals surface area (Å²) in [5.41, 5.74) is 0.286. The topological polar surface area (TPSA) is 78.8 Å². The van der Waals surface area contributed by atoms with Crippen LogP contribution in [0.5, 0.6) is 5.75 Å². The fraction of sp³-hybridized carbons (Fsp3) is 0.421. The van der Waals surface area contributed by atoms with Gasteiger partial charge in [0.1, 0.15) is 11.2 Å². The lowest BCUT2D eigenvalue weighted by atomic mass is 9.81. The van der Waals surface area contributed by atoms with Crippen molar-refractivity contribution in [3.8, 4) is 5.75 Å². The number of carbonyl (C=O) groups is 1. The predicted octanol–water partition coefficient (Wildman–Crippen LogP) is 1.29. The molecule has 7 nitrogen and oxygen atoms in total. The normalized spacial score (nSPS) is 25.3. The van der Waals surface area contributed by atoms with Crippen LogP contribution in [0.1, 0.15) is 5.56 Å². The van der Waals surface area contributed by atoms with Crippen LogP contribution in [-0.2, 0) is 16.1 Å². The molecule has 3 heterocycles. The first-order valence-corrected chi connectivity index (χ1v) is 8.72. The molecule has 1 aromatic carbocycles. The van der Waals surface area contributed by atoms with E-state index in [2.05, 4.69) is 19.8 Å². The molecule has 4 rings (SSSR count).